The summed E-state index contributed by atoms with van der Waals surface area (Å²) in [4.78, 5) is 32.5. The molecule has 31 heavy (non-hydrogen) atoms. The van der Waals surface area contributed by atoms with Crippen LogP contribution in [0.4, 0.5) is 11.5 Å². The molecule has 0 spiro atoms. The third-order valence-electron chi connectivity index (χ3n) is 5.55. The van der Waals surface area contributed by atoms with E-state index in [1.54, 1.807) is 37.4 Å². The van der Waals surface area contributed by atoms with E-state index in [1.165, 1.54) is 4.90 Å². The summed E-state index contributed by atoms with van der Waals surface area (Å²) in [7, 11) is 1.65. The number of benzene rings is 2. The third kappa shape index (κ3) is 3.50. The Hall–Kier alpha value is -3.81. The Kier molecular flexibility index (Phi) is 4.82. The van der Waals surface area contributed by atoms with E-state index in [4.69, 9.17) is 9.47 Å². The zero-order chi connectivity index (χ0) is 21.4. The Bertz CT molecular complexity index is 1160. The first-order valence-electron chi connectivity index (χ1n) is 10.3. The molecule has 158 valence electrons. The first kappa shape index (κ1) is 19.2. The van der Waals surface area contributed by atoms with Crippen molar-refractivity contribution in [2.45, 2.75) is 25.8 Å². The second-order valence-corrected chi connectivity index (χ2v) is 7.56. The fraction of sp³-hybridized carbons (Fsp3) is 0.261. The van der Waals surface area contributed by atoms with Crippen molar-refractivity contribution in [1.82, 2.24) is 9.55 Å². The number of carbonyl (C=O) groups excluding carboxylic acids is 2. The smallest absolute Gasteiger partial charge is 0.276 e. The summed E-state index contributed by atoms with van der Waals surface area (Å²) in [5.41, 5.74) is 1.51. The predicted octanol–water partition coefficient (Wildman–Crippen LogP) is 3.48. The van der Waals surface area contributed by atoms with E-state index in [0.29, 0.717) is 40.8 Å². The predicted molar refractivity (Wildman–Crippen MR) is 115 cm³/mol. The lowest BCUT2D eigenvalue weighted by molar-refractivity contribution is 0.0992. The summed E-state index contributed by atoms with van der Waals surface area (Å²) in [6.45, 7) is 0.860. The van der Waals surface area contributed by atoms with E-state index < -0.39 is 0 Å². The van der Waals surface area contributed by atoms with Crippen molar-refractivity contribution < 1.29 is 19.1 Å². The number of rotatable bonds is 4. The molecule has 0 fully saturated rings. The van der Waals surface area contributed by atoms with Gasteiger partial charge in [0.05, 0.1) is 0 Å². The quantitative estimate of drug-likeness (QED) is 0.701. The number of imidazole rings is 1. The maximum absolute atomic E-state index is 13.3. The lowest BCUT2D eigenvalue weighted by Gasteiger charge is -2.19. The van der Waals surface area contributed by atoms with Crippen LogP contribution in [0.15, 0.2) is 48.5 Å². The SMILES string of the molecule is CN(C(=O)c1ccccc1)c1nc2n(c1C(=O)Nc1ccc3c(c1)OCO3)CCCC2. The number of anilines is 2. The van der Waals surface area contributed by atoms with Gasteiger partial charge >= 0.3 is 0 Å². The van der Waals surface area contributed by atoms with Crippen molar-refractivity contribution in [3.8, 4) is 11.5 Å². The maximum atomic E-state index is 13.3. The van der Waals surface area contributed by atoms with Gasteiger partial charge in [0.15, 0.2) is 23.0 Å². The number of hydrogen-bond donors (Lipinski definition) is 1. The molecule has 2 aliphatic heterocycles. The molecule has 0 unspecified atom stereocenters. The summed E-state index contributed by atoms with van der Waals surface area (Å²) in [5.74, 6) is 1.89. The minimum Gasteiger partial charge on any atom is -0.454 e. The van der Waals surface area contributed by atoms with Crippen LogP contribution in [0.2, 0.25) is 0 Å². The summed E-state index contributed by atoms with van der Waals surface area (Å²) in [6.07, 6.45) is 2.75. The fourth-order valence-corrected chi connectivity index (χ4v) is 3.96. The lowest BCUT2D eigenvalue weighted by atomic mass is 10.1. The molecule has 0 bridgehead atoms. The zero-order valence-corrected chi connectivity index (χ0v) is 17.1. The summed E-state index contributed by atoms with van der Waals surface area (Å²) >= 11 is 0. The maximum Gasteiger partial charge on any atom is 0.276 e. The molecule has 0 aliphatic carbocycles. The number of hydrogen-bond acceptors (Lipinski definition) is 5. The second-order valence-electron chi connectivity index (χ2n) is 7.56. The van der Waals surface area contributed by atoms with Gasteiger partial charge in [-0.2, -0.15) is 0 Å². The normalized spacial score (nSPS) is 14.1. The molecule has 0 atom stereocenters. The van der Waals surface area contributed by atoms with Crippen LogP contribution in [0.1, 0.15) is 39.5 Å². The highest BCUT2D eigenvalue weighted by atomic mass is 16.7. The van der Waals surface area contributed by atoms with E-state index in [9.17, 15) is 9.59 Å². The number of aromatic nitrogens is 2. The van der Waals surface area contributed by atoms with E-state index in [1.807, 2.05) is 22.8 Å². The largest absolute Gasteiger partial charge is 0.454 e. The molecular formula is C23H22N4O4. The molecule has 8 nitrogen and oxygen atoms in total. The topological polar surface area (TPSA) is 85.7 Å². The minimum absolute atomic E-state index is 0.166. The summed E-state index contributed by atoms with van der Waals surface area (Å²) in [6, 6.07) is 14.2. The monoisotopic (exact) mass is 418 g/mol. The fourth-order valence-electron chi connectivity index (χ4n) is 3.96. The van der Waals surface area contributed by atoms with Crippen LogP contribution in [-0.4, -0.2) is 35.2 Å². The van der Waals surface area contributed by atoms with Gasteiger partial charge in [0.1, 0.15) is 5.82 Å². The van der Waals surface area contributed by atoms with Crippen LogP contribution in [0.3, 0.4) is 0 Å². The van der Waals surface area contributed by atoms with Crippen LogP contribution < -0.4 is 19.7 Å². The first-order chi connectivity index (χ1) is 15.1. The van der Waals surface area contributed by atoms with E-state index in [-0.39, 0.29) is 18.6 Å². The van der Waals surface area contributed by atoms with Gasteiger partial charge in [-0.05, 0) is 37.1 Å². The molecule has 2 aliphatic rings. The average Bonchev–Trinajstić information content (AvgIpc) is 3.42. The number of carbonyl (C=O) groups is 2. The molecule has 0 saturated heterocycles. The van der Waals surface area contributed by atoms with Crippen LogP contribution >= 0.6 is 0 Å². The Morgan fingerprint density at radius 1 is 1.06 bits per heavy atom. The third-order valence-corrected chi connectivity index (χ3v) is 5.55. The Labute approximate surface area is 179 Å². The van der Waals surface area contributed by atoms with Crippen molar-refractivity contribution in [3.05, 3.63) is 65.6 Å². The highest BCUT2D eigenvalue weighted by Gasteiger charge is 2.29. The van der Waals surface area contributed by atoms with Gasteiger partial charge in [0, 0.05) is 37.3 Å². The van der Waals surface area contributed by atoms with Crippen LogP contribution in [0.5, 0.6) is 11.5 Å². The Morgan fingerprint density at radius 3 is 2.71 bits per heavy atom. The molecule has 2 amide bonds. The van der Waals surface area contributed by atoms with Gasteiger partial charge in [-0.3, -0.25) is 14.5 Å². The number of fused-ring (bicyclic) bond motifs is 2. The molecule has 3 aromatic rings. The highest BCUT2D eigenvalue weighted by Crippen LogP contribution is 2.35. The first-order valence-corrected chi connectivity index (χ1v) is 10.3. The molecule has 1 N–H and O–H groups in total. The van der Waals surface area contributed by atoms with Gasteiger partial charge < -0.3 is 19.4 Å². The van der Waals surface area contributed by atoms with Gasteiger partial charge in [0.2, 0.25) is 6.79 Å². The van der Waals surface area contributed by atoms with Crippen molar-refractivity contribution >= 4 is 23.3 Å². The van der Waals surface area contributed by atoms with Gasteiger partial charge in [-0.25, -0.2) is 4.98 Å². The highest BCUT2D eigenvalue weighted by molar-refractivity contribution is 6.12. The average molecular weight is 418 g/mol. The van der Waals surface area contributed by atoms with Gasteiger partial charge in [0.25, 0.3) is 11.8 Å². The molecule has 3 heterocycles. The molecule has 0 saturated carbocycles. The van der Waals surface area contributed by atoms with Crippen molar-refractivity contribution in [1.29, 1.82) is 0 Å². The number of nitrogens with one attached hydrogen (secondary N) is 1. The van der Waals surface area contributed by atoms with Gasteiger partial charge in [-0.1, -0.05) is 18.2 Å². The molecule has 5 rings (SSSR count). The van der Waals surface area contributed by atoms with Crippen molar-refractivity contribution in [2.75, 3.05) is 24.1 Å². The van der Waals surface area contributed by atoms with Crippen molar-refractivity contribution in [2.24, 2.45) is 0 Å². The van der Waals surface area contributed by atoms with Crippen molar-refractivity contribution in [3.63, 3.8) is 0 Å². The van der Waals surface area contributed by atoms with Crippen LogP contribution in [0, 0.1) is 0 Å². The standard InChI is InChI=1S/C23H22N4O4/c1-26(23(29)15-7-3-2-4-8-15)21-20(27-12-6-5-9-19(27)25-21)22(28)24-16-10-11-17-18(13-16)31-14-30-17/h2-4,7-8,10-11,13H,5-6,9,12,14H2,1H3,(H,24,28). The summed E-state index contributed by atoms with van der Waals surface area (Å²) in [5, 5.41) is 2.92. The summed E-state index contributed by atoms with van der Waals surface area (Å²) < 4.78 is 12.7. The minimum atomic E-state index is -0.317. The number of aryl methyl sites for hydroxylation is 1. The number of amides is 2. The van der Waals surface area contributed by atoms with E-state index >= 15 is 0 Å². The lowest BCUT2D eigenvalue weighted by Crippen LogP contribution is -2.29. The number of nitrogens with zero attached hydrogens (tertiary/aromatic N) is 3. The molecule has 1 aromatic heterocycles. The van der Waals surface area contributed by atoms with Crippen LogP contribution in [-0.2, 0) is 13.0 Å². The zero-order valence-electron chi connectivity index (χ0n) is 17.1. The van der Waals surface area contributed by atoms with E-state index in [2.05, 4.69) is 10.3 Å². The molecular weight excluding hydrogens is 396 g/mol. The molecule has 8 heteroatoms. The molecule has 2 aromatic carbocycles. The van der Waals surface area contributed by atoms with Crippen LogP contribution in [0.25, 0.3) is 0 Å². The van der Waals surface area contributed by atoms with E-state index in [0.717, 1.165) is 25.1 Å². The molecule has 0 radical (unpaired) electrons. The second kappa shape index (κ2) is 7.79. The van der Waals surface area contributed by atoms with Gasteiger partial charge in [-0.15, -0.1) is 0 Å². The Morgan fingerprint density at radius 2 is 1.87 bits per heavy atom. The Balaban J connectivity index is 1.49. The number of ether oxygens (including phenoxy) is 2.